The van der Waals surface area contributed by atoms with Crippen molar-refractivity contribution < 1.29 is 14.6 Å². The predicted octanol–water partition coefficient (Wildman–Crippen LogP) is 1.18. The number of hydrogen-bond donors (Lipinski definition) is 2. The lowest BCUT2D eigenvalue weighted by Crippen LogP contribution is -2.23. The Morgan fingerprint density at radius 2 is 2.19 bits per heavy atom. The monoisotopic (exact) mass is 245 g/mol. The van der Waals surface area contributed by atoms with Crippen LogP contribution in [0.1, 0.15) is 5.56 Å². The second kappa shape index (κ2) is 6.70. The molecule has 0 heterocycles. The zero-order valence-electron chi connectivity index (χ0n) is 9.15. The van der Waals surface area contributed by atoms with Crippen molar-refractivity contribution in [1.82, 2.24) is 0 Å². The van der Waals surface area contributed by atoms with Gasteiger partial charge in [0.15, 0.2) is 0 Å². The standard InChI is InChI=1S/C11H16ClNO3/c1-15-6-8(14)7-16-11-4-2-3-10(12)9(11)5-13/h2-4,8,14H,5-7,13H2,1H3. The molecule has 0 saturated carbocycles. The molecular formula is C11H16ClNO3. The predicted molar refractivity (Wildman–Crippen MR) is 62.7 cm³/mol. The number of methoxy groups -OCH3 is 1. The van der Waals surface area contributed by atoms with Gasteiger partial charge in [-0.2, -0.15) is 0 Å². The molecule has 5 heteroatoms. The fraction of sp³-hybridized carbons (Fsp3) is 0.455. The van der Waals surface area contributed by atoms with Crippen LogP contribution in [0.3, 0.4) is 0 Å². The molecule has 1 aromatic carbocycles. The highest BCUT2D eigenvalue weighted by Crippen LogP contribution is 2.25. The highest BCUT2D eigenvalue weighted by atomic mass is 35.5. The minimum atomic E-state index is -0.658. The lowest BCUT2D eigenvalue weighted by atomic mass is 10.2. The first kappa shape index (κ1) is 13.3. The van der Waals surface area contributed by atoms with Crippen molar-refractivity contribution in [2.45, 2.75) is 12.6 Å². The fourth-order valence-corrected chi connectivity index (χ4v) is 1.54. The third-order valence-electron chi connectivity index (χ3n) is 2.07. The smallest absolute Gasteiger partial charge is 0.125 e. The van der Waals surface area contributed by atoms with Crippen LogP contribution in [-0.2, 0) is 11.3 Å². The first-order chi connectivity index (χ1) is 7.69. The Hall–Kier alpha value is -0.810. The summed E-state index contributed by atoms with van der Waals surface area (Å²) in [6.45, 7) is 0.690. The molecule has 16 heavy (non-hydrogen) atoms. The molecule has 0 aromatic heterocycles. The normalized spacial score (nSPS) is 12.5. The minimum absolute atomic E-state index is 0.154. The van der Waals surface area contributed by atoms with Gasteiger partial charge in [0, 0.05) is 24.2 Å². The number of halogens is 1. The second-order valence-electron chi connectivity index (χ2n) is 3.34. The van der Waals surface area contributed by atoms with Crippen molar-refractivity contribution in [3.8, 4) is 5.75 Å². The molecule has 0 fully saturated rings. The third-order valence-corrected chi connectivity index (χ3v) is 2.42. The zero-order chi connectivity index (χ0) is 12.0. The SMILES string of the molecule is COCC(O)COc1cccc(Cl)c1CN. The van der Waals surface area contributed by atoms with Crippen LogP contribution in [0, 0.1) is 0 Å². The Labute approximate surface area is 99.9 Å². The molecule has 1 atom stereocenters. The highest BCUT2D eigenvalue weighted by Gasteiger charge is 2.09. The molecule has 1 aromatic rings. The molecule has 0 saturated heterocycles. The summed E-state index contributed by atoms with van der Waals surface area (Å²) in [5.41, 5.74) is 6.31. The maximum absolute atomic E-state index is 9.43. The van der Waals surface area contributed by atoms with Gasteiger partial charge < -0.3 is 20.3 Å². The van der Waals surface area contributed by atoms with Gasteiger partial charge in [-0.05, 0) is 12.1 Å². The van der Waals surface area contributed by atoms with Gasteiger partial charge >= 0.3 is 0 Å². The largest absolute Gasteiger partial charge is 0.490 e. The maximum atomic E-state index is 9.43. The van der Waals surface area contributed by atoms with E-state index in [0.29, 0.717) is 17.3 Å². The molecule has 0 bridgehead atoms. The topological polar surface area (TPSA) is 64.7 Å². The number of aliphatic hydroxyl groups is 1. The van der Waals surface area contributed by atoms with Gasteiger partial charge in [0.2, 0.25) is 0 Å². The van der Waals surface area contributed by atoms with Gasteiger partial charge in [0.25, 0.3) is 0 Å². The summed E-state index contributed by atoms with van der Waals surface area (Å²) in [5.74, 6) is 0.602. The summed E-state index contributed by atoms with van der Waals surface area (Å²) in [6, 6.07) is 5.30. The lowest BCUT2D eigenvalue weighted by Gasteiger charge is -2.14. The average Bonchev–Trinajstić information content (AvgIpc) is 2.27. The summed E-state index contributed by atoms with van der Waals surface area (Å²) in [5, 5.41) is 10.00. The van der Waals surface area contributed by atoms with Gasteiger partial charge in [0.1, 0.15) is 18.5 Å². The fourth-order valence-electron chi connectivity index (χ4n) is 1.30. The van der Waals surface area contributed by atoms with Crippen LogP contribution >= 0.6 is 11.6 Å². The molecule has 4 nitrogen and oxygen atoms in total. The number of ether oxygens (including phenoxy) is 2. The van der Waals surface area contributed by atoms with E-state index in [1.807, 2.05) is 0 Å². The summed E-state index contributed by atoms with van der Waals surface area (Å²) in [4.78, 5) is 0. The molecule has 3 N–H and O–H groups in total. The molecule has 1 rings (SSSR count). The van der Waals surface area contributed by atoms with Crippen molar-refractivity contribution in [3.63, 3.8) is 0 Å². The molecule has 0 spiro atoms. The highest BCUT2D eigenvalue weighted by molar-refractivity contribution is 6.31. The van der Waals surface area contributed by atoms with Gasteiger partial charge in [-0.25, -0.2) is 0 Å². The van der Waals surface area contributed by atoms with Crippen molar-refractivity contribution in [2.75, 3.05) is 20.3 Å². The number of rotatable bonds is 6. The molecule has 0 radical (unpaired) electrons. The Bertz CT molecular complexity index is 333. The summed E-state index contributed by atoms with van der Waals surface area (Å²) in [7, 11) is 1.52. The maximum Gasteiger partial charge on any atom is 0.125 e. The first-order valence-electron chi connectivity index (χ1n) is 4.96. The Morgan fingerprint density at radius 3 is 2.81 bits per heavy atom. The van der Waals surface area contributed by atoms with Crippen molar-refractivity contribution >= 4 is 11.6 Å². The van der Waals surface area contributed by atoms with E-state index in [4.69, 9.17) is 26.8 Å². The zero-order valence-corrected chi connectivity index (χ0v) is 9.91. The Kier molecular flexibility index (Phi) is 5.55. The molecular weight excluding hydrogens is 230 g/mol. The van der Waals surface area contributed by atoms with Crippen LogP contribution in [-0.4, -0.2) is 31.5 Å². The van der Waals surface area contributed by atoms with E-state index < -0.39 is 6.10 Å². The molecule has 90 valence electrons. The van der Waals surface area contributed by atoms with Crippen LogP contribution in [0.15, 0.2) is 18.2 Å². The van der Waals surface area contributed by atoms with E-state index in [2.05, 4.69) is 0 Å². The quantitative estimate of drug-likeness (QED) is 0.790. The van der Waals surface area contributed by atoms with Gasteiger partial charge in [-0.1, -0.05) is 17.7 Å². The summed E-state index contributed by atoms with van der Waals surface area (Å²) < 4.78 is 10.2. The van der Waals surface area contributed by atoms with E-state index in [1.54, 1.807) is 18.2 Å². The number of benzene rings is 1. The Balaban J connectivity index is 2.63. The van der Waals surface area contributed by atoms with Gasteiger partial charge in [0.05, 0.1) is 6.61 Å². The Morgan fingerprint density at radius 1 is 1.44 bits per heavy atom. The van der Waals surface area contributed by atoms with Gasteiger partial charge in [-0.15, -0.1) is 0 Å². The number of nitrogens with two attached hydrogens (primary N) is 1. The summed E-state index contributed by atoms with van der Waals surface area (Å²) in [6.07, 6.45) is -0.658. The first-order valence-corrected chi connectivity index (χ1v) is 5.34. The number of hydrogen-bond acceptors (Lipinski definition) is 4. The number of aliphatic hydroxyl groups excluding tert-OH is 1. The minimum Gasteiger partial charge on any atom is -0.490 e. The third kappa shape index (κ3) is 3.64. The van der Waals surface area contributed by atoms with E-state index in [0.717, 1.165) is 5.56 Å². The van der Waals surface area contributed by atoms with E-state index >= 15 is 0 Å². The van der Waals surface area contributed by atoms with Crippen molar-refractivity contribution in [2.24, 2.45) is 5.73 Å². The van der Waals surface area contributed by atoms with Crippen LogP contribution in [0.2, 0.25) is 5.02 Å². The molecule has 0 aliphatic rings. The molecule has 0 aliphatic carbocycles. The van der Waals surface area contributed by atoms with E-state index in [-0.39, 0.29) is 13.2 Å². The molecule has 1 unspecified atom stereocenters. The van der Waals surface area contributed by atoms with Crippen LogP contribution in [0.5, 0.6) is 5.75 Å². The summed E-state index contributed by atoms with van der Waals surface area (Å²) >= 11 is 5.96. The lowest BCUT2D eigenvalue weighted by molar-refractivity contribution is 0.0323. The second-order valence-corrected chi connectivity index (χ2v) is 3.75. The van der Waals surface area contributed by atoms with E-state index in [9.17, 15) is 5.11 Å². The average molecular weight is 246 g/mol. The van der Waals surface area contributed by atoms with Crippen LogP contribution < -0.4 is 10.5 Å². The van der Waals surface area contributed by atoms with E-state index in [1.165, 1.54) is 7.11 Å². The van der Waals surface area contributed by atoms with Crippen molar-refractivity contribution in [1.29, 1.82) is 0 Å². The van der Waals surface area contributed by atoms with Gasteiger partial charge in [-0.3, -0.25) is 0 Å². The van der Waals surface area contributed by atoms with Crippen LogP contribution in [0.4, 0.5) is 0 Å². The molecule has 0 aliphatic heterocycles. The van der Waals surface area contributed by atoms with Crippen molar-refractivity contribution in [3.05, 3.63) is 28.8 Å². The van der Waals surface area contributed by atoms with Crippen LogP contribution in [0.25, 0.3) is 0 Å². The molecule has 0 amide bonds.